The molecule has 0 bridgehead atoms. The van der Waals surface area contributed by atoms with Crippen molar-refractivity contribution >= 4 is 17.2 Å². The molecule has 1 aliphatic rings. The summed E-state index contributed by atoms with van der Waals surface area (Å²) in [6.45, 7) is 5.68. The third-order valence-corrected chi connectivity index (χ3v) is 7.48. The number of carbonyl (C=O) groups excluding carboxylic acids is 1. The number of rotatable bonds is 8. The van der Waals surface area contributed by atoms with Crippen LogP contribution in [0.3, 0.4) is 0 Å². The number of aromatic nitrogens is 4. The molecule has 7 nitrogen and oxygen atoms in total. The Kier molecular flexibility index (Phi) is 7.44. The number of nitrogens with zero attached hydrogens (tertiary/aromatic N) is 5. The molecule has 1 aliphatic carbocycles. The Balaban J connectivity index is 1.33. The van der Waals surface area contributed by atoms with Gasteiger partial charge in [-0.25, -0.2) is 15.0 Å². The number of carbonyl (C=O) groups is 1. The Bertz CT molecular complexity index is 1320. The van der Waals surface area contributed by atoms with Gasteiger partial charge in [0.15, 0.2) is 0 Å². The number of pyridine rings is 1. The molecule has 0 saturated heterocycles. The fourth-order valence-electron chi connectivity index (χ4n) is 4.99. The molecule has 1 aromatic carbocycles. The van der Waals surface area contributed by atoms with E-state index in [1.807, 2.05) is 43.8 Å². The van der Waals surface area contributed by atoms with E-state index in [1.165, 1.54) is 23.1 Å². The number of aryl methyl sites for hydroxylation is 3. The van der Waals surface area contributed by atoms with E-state index in [0.717, 1.165) is 42.9 Å². The molecular formula is C28H30N6OS. The van der Waals surface area contributed by atoms with Gasteiger partial charge < -0.3 is 5.32 Å². The third-order valence-electron chi connectivity index (χ3n) is 6.71. The first-order chi connectivity index (χ1) is 17.6. The lowest BCUT2D eigenvalue weighted by molar-refractivity contribution is 0.0948. The van der Waals surface area contributed by atoms with Gasteiger partial charge in [-0.05, 0) is 55.9 Å². The average molecular weight is 499 g/mol. The first-order valence-electron chi connectivity index (χ1n) is 12.3. The highest BCUT2D eigenvalue weighted by molar-refractivity contribution is 7.09. The molecule has 184 valence electrons. The number of thiazole rings is 1. The molecule has 0 spiro atoms. The molecule has 0 radical (unpaired) electrons. The summed E-state index contributed by atoms with van der Waals surface area (Å²) in [7, 11) is 0. The van der Waals surface area contributed by atoms with Crippen LogP contribution in [0.25, 0.3) is 0 Å². The van der Waals surface area contributed by atoms with Crippen LogP contribution in [0.5, 0.6) is 0 Å². The molecule has 5 rings (SSSR count). The first kappa shape index (κ1) is 24.2. The maximum Gasteiger partial charge on any atom is 0.255 e. The van der Waals surface area contributed by atoms with Gasteiger partial charge in [0.2, 0.25) is 0 Å². The quantitative estimate of drug-likeness (QED) is 0.370. The van der Waals surface area contributed by atoms with Crippen molar-refractivity contribution in [3.63, 3.8) is 0 Å². The topological polar surface area (TPSA) is 83.9 Å². The molecule has 0 aliphatic heterocycles. The van der Waals surface area contributed by atoms with Crippen molar-refractivity contribution < 1.29 is 4.79 Å². The van der Waals surface area contributed by atoms with Crippen molar-refractivity contribution in [1.29, 1.82) is 0 Å². The largest absolute Gasteiger partial charge is 0.348 e. The number of hydrogen-bond donors (Lipinski definition) is 1. The summed E-state index contributed by atoms with van der Waals surface area (Å²) in [5, 5.41) is 6.18. The Morgan fingerprint density at radius 3 is 2.67 bits per heavy atom. The number of benzene rings is 1. The van der Waals surface area contributed by atoms with Gasteiger partial charge in [-0.1, -0.05) is 30.3 Å². The Labute approximate surface area is 215 Å². The van der Waals surface area contributed by atoms with Crippen molar-refractivity contribution in [3.8, 4) is 0 Å². The molecule has 36 heavy (non-hydrogen) atoms. The summed E-state index contributed by atoms with van der Waals surface area (Å²) < 4.78 is 0. The van der Waals surface area contributed by atoms with Crippen LogP contribution >= 0.6 is 11.3 Å². The second-order valence-electron chi connectivity index (χ2n) is 9.21. The van der Waals surface area contributed by atoms with Gasteiger partial charge >= 0.3 is 0 Å². The van der Waals surface area contributed by atoms with E-state index in [2.05, 4.69) is 49.4 Å². The molecule has 0 fully saturated rings. The summed E-state index contributed by atoms with van der Waals surface area (Å²) in [6, 6.07) is 12.9. The van der Waals surface area contributed by atoms with Gasteiger partial charge in [0, 0.05) is 30.9 Å². The van der Waals surface area contributed by atoms with Crippen molar-refractivity contribution in [3.05, 3.63) is 105 Å². The van der Waals surface area contributed by atoms with E-state index in [4.69, 9.17) is 4.98 Å². The highest BCUT2D eigenvalue weighted by Crippen LogP contribution is 2.35. The van der Waals surface area contributed by atoms with Crippen LogP contribution in [-0.4, -0.2) is 30.7 Å². The van der Waals surface area contributed by atoms with E-state index < -0.39 is 0 Å². The molecular weight excluding hydrogens is 468 g/mol. The lowest BCUT2D eigenvalue weighted by atomic mass is 9.90. The monoisotopic (exact) mass is 498 g/mol. The minimum Gasteiger partial charge on any atom is -0.348 e. The summed E-state index contributed by atoms with van der Waals surface area (Å²) in [5.41, 5.74) is 6.73. The average Bonchev–Trinajstić information content (AvgIpc) is 3.40. The van der Waals surface area contributed by atoms with Crippen LogP contribution in [0.4, 0.5) is 0 Å². The van der Waals surface area contributed by atoms with Crippen LogP contribution in [-0.2, 0) is 26.1 Å². The van der Waals surface area contributed by atoms with Gasteiger partial charge in [0.25, 0.3) is 5.91 Å². The predicted octanol–water partition coefficient (Wildman–Crippen LogP) is 4.95. The second kappa shape index (κ2) is 11.1. The summed E-state index contributed by atoms with van der Waals surface area (Å²) >= 11 is 1.69. The fourth-order valence-corrected chi connectivity index (χ4v) is 5.63. The molecule has 4 aromatic rings. The van der Waals surface area contributed by atoms with Gasteiger partial charge in [0.05, 0.1) is 35.2 Å². The maximum atomic E-state index is 12.8. The summed E-state index contributed by atoms with van der Waals surface area (Å²) in [4.78, 5) is 33.0. The molecule has 3 aromatic heterocycles. The van der Waals surface area contributed by atoms with Gasteiger partial charge in [-0.2, -0.15) is 0 Å². The van der Waals surface area contributed by atoms with Crippen LogP contribution < -0.4 is 5.32 Å². The van der Waals surface area contributed by atoms with Crippen LogP contribution in [0.15, 0.2) is 60.5 Å². The summed E-state index contributed by atoms with van der Waals surface area (Å²) in [6.07, 6.45) is 8.60. The Morgan fingerprint density at radius 1 is 1.03 bits per heavy atom. The highest BCUT2D eigenvalue weighted by atomic mass is 32.1. The number of fused-ring (bicyclic) bond motifs is 1. The molecule has 1 atom stereocenters. The standard InChI is InChI=1S/C28H30N6OS/c1-19-26(20(2)33-18-32-19)28(35)31-15-21-6-3-7-22(14-21)16-34(17-25-29-12-13-36-25)24-10-4-8-23-9-5-11-30-27(23)24/h3,5-7,9,11-14,18,24H,4,8,10,15-17H2,1-2H3,(H,31,35). The normalized spacial score (nSPS) is 15.0. The van der Waals surface area contributed by atoms with Crippen molar-refractivity contribution in [2.24, 2.45) is 0 Å². The molecule has 3 heterocycles. The third kappa shape index (κ3) is 5.50. The smallest absolute Gasteiger partial charge is 0.255 e. The lowest BCUT2D eigenvalue weighted by Crippen LogP contribution is -2.31. The van der Waals surface area contributed by atoms with E-state index in [9.17, 15) is 4.79 Å². The highest BCUT2D eigenvalue weighted by Gasteiger charge is 2.28. The molecule has 1 N–H and O–H groups in total. The number of amides is 1. The number of nitrogens with one attached hydrogen (secondary N) is 1. The Hall–Kier alpha value is -3.49. The zero-order valence-electron chi connectivity index (χ0n) is 20.6. The second-order valence-corrected chi connectivity index (χ2v) is 10.2. The zero-order valence-corrected chi connectivity index (χ0v) is 21.5. The fraction of sp³-hybridized carbons (Fsp3) is 0.321. The SMILES string of the molecule is Cc1ncnc(C)c1C(=O)NCc1cccc(CN(Cc2nccs2)C2CCCc3cccnc32)c1. The summed E-state index contributed by atoms with van der Waals surface area (Å²) in [5.74, 6) is -0.147. The number of hydrogen-bond acceptors (Lipinski definition) is 7. The van der Waals surface area contributed by atoms with Crippen molar-refractivity contribution in [2.75, 3.05) is 0 Å². The van der Waals surface area contributed by atoms with E-state index in [0.29, 0.717) is 23.5 Å². The first-order valence-corrected chi connectivity index (χ1v) is 13.2. The van der Waals surface area contributed by atoms with Gasteiger partial charge in [0.1, 0.15) is 11.3 Å². The van der Waals surface area contributed by atoms with Crippen molar-refractivity contribution in [1.82, 2.24) is 30.2 Å². The minimum atomic E-state index is -0.147. The van der Waals surface area contributed by atoms with E-state index in [-0.39, 0.29) is 11.9 Å². The van der Waals surface area contributed by atoms with Gasteiger partial charge in [-0.15, -0.1) is 11.3 Å². The van der Waals surface area contributed by atoms with Crippen LogP contribution in [0, 0.1) is 13.8 Å². The van der Waals surface area contributed by atoms with Crippen LogP contribution in [0.2, 0.25) is 0 Å². The lowest BCUT2D eigenvalue weighted by Gasteiger charge is -2.34. The molecule has 8 heteroatoms. The minimum absolute atomic E-state index is 0.147. The maximum absolute atomic E-state index is 12.8. The van der Waals surface area contributed by atoms with Crippen LogP contribution in [0.1, 0.15) is 68.0 Å². The van der Waals surface area contributed by atoms with E-state index in [1.54, 1.807) is 11.3 Å². The Morgan fingerprint density at radius 2 is 1.86 bits per heavy atom. The zero-order chi connectivity index (χ0) is 24.9. The molecule has 0 saturated carbocycles. The van der Waals surface area contributed by atoms with Gasteiger partial charge in [-0.3, -0.25) is 14.7 Å². The van der Waals surface area contributed by atoms with E-state index >= 15 is 0 Å². The molecule has 1 amide bonds. The molecule has 1 unspecified atom stereocenters. The van der Waals surface area contributed by atoms with Crippen molar-refractivity contribution in [2.45, 2.75) is 58.8 Å². The predicted molar refractivity (Wildman–Crippen MR) is 140 cm³/mol.